The molecule has 132 valence electrons. The Kier molecular flexibility index (Phi) is 4.67. The van der Waals surface area contributed by atoms with Crippen LogP contribution in [-0.4, -0.2) is 27.1 Å². The maximum atomic E-state index is 12.3. The van der Waals surface area contributed by atoms with E-state index >= 15 is 0 Å². The maximum absolute atomic E-state index is 12.3. The third-order valence-corrected chi connectivity index (χ3v) is 4.18. The van der Waals surface area contributed by atoms with Crippen LogP contribution in [0.4, 0.5) is 0 Å². The molecule has 1 amide bonds. The van der Waals surface area contributed by atoms with Crippen molar-refractivity contribution in [1.82, 2.24) is 31.3 Å². The van der Waals surface area contributed by atoms with Crippen LogP contribution in [0.25, 0.3) is 11.4 Å². The normalized spacial score (nSPS) is 19.4. The summed E-state index contributed by atoms with van der Waals surface area (Å²) in [7, 11) is 0. The Hall–Kier alpha value is -3.10. The van der Waals surface area contributed by atoms with Gasteiger partial charge in [0, 0.05) is 11.8 Å². The molecule has 0 aliphatic carbocycles. The van der Waals surface area contributed by atoms with Gasteiger partial charge in [-0.1, -0.05) is 41.6 Å². The van der Waals surface area contributed by atoms with Crippen LogP contribution >= 0.6 is 0 Å². The number of benzene rings is 1. The molecular weight excluding hydrogens is 332 g/mol. The van der Waals surface area contributed by atoms with Gasteiger partial charge in [0.2, 0.25) is 17.6 Å². The number of amides is 1. The number of hydrazine groups is 1. The summed E-state index contributed by atoms with van der Waals surface area (Å²) in [4.78, 5) is 21.0. The van der Waals surface area contributed by atoms with Gasteiger partial charge in [0.25, 0.3) is 0 Å². The van der Waals surface area contributed by atoms with Gasteiger partial charge in [0.15, 0.2) is 0 Å². The van der Waals surface area contributed by atoms with Gasteiger partial charge in [0.05, 0.1) is 18.3 Å². The standard InChI is InChI=1S/C18H18N6O2/c25-18(15-10-14(22-23-15)13-8-4-5-9-19-13)20-11-16-21-17(24-26-16)12-6-2-1-3-7-12/h1-9,14-15,22-23H,10-11H2,(H,20,25). The van der Waals surface area contributed by atoms with E-state index in [1.165, 1.54) is 0 Å². The number of nitrogens with zero attached hydrogens (tertiary/aromatic N) is 3. The molecule has 3 N–H and O–H groups in total. The Bertz CT molecular complexity index is 868. The minimum Gasteiger partial charge on any atom is -0.346 e. The van der Waals surface area contributed by atoms with Crippen molar-refractivity contribution in [3.8, 4) is 11.4 Å². The van der Waals surface area contributed by atoms with Crippen molar-refractivity contribution in [1.29, 1.82) is 0 Å². The van der Waals surface area contributed by atoms with E-state index in [4.69, 9.17) is 4.52 Å². The van der Waals surface area contributed by atoms with Gasteiger partial charge >= 0.3 is 0 Å². The van der Waals surface area contributed by atoms with Crippen LogP contribution in [-0.2, 0) is 11.3 Å². The van der Waals surface area contributed by atoms with Gasteiger partial charge in [0.1, 0.15) is 6.04 Å². The molecule has 3 heterocycles. The highest BCUT2D eigenvalue weighted by molar-refractivity contribution is 5.82. The molecule has 2 aromatic heterocycles. The fraction of sp³-hybridized carbons (Fsp3) is 0.222. The number of pyridine rings is 1. The first-order valence-electron chi connectivity index (χ1n) is 8.37. The number of carbonyl (C=O) groups is 1. The quantitative estimate of drug-likeness (QED) is 0.638. The van der Waals surface area contributed by atoms with E-state index in [1.807, 2.05) is 48.5 Å². The van der Waals surface area contributed by atoms with Crippen molar-refractivity contribution in [3.05, 3.63) is 66.3 Å². The van der Waals surface area contributed by atoms with Crippen LogP contribution in [0.1, 0.15) is 24.0 Å². The second-order valence-corrected chi connectivity index (χ2v) is 5.98. The fourth-order valence-corrected chi connectivity index (χ4v) is 2.82. The van der Waals surface area contributed by atoms with E-state index < -0.39 is 0 Å². The summed E-state index contributed by atoms with van der Waals surface area (Å²) in [6.45, 7) is 0.186. The zero-order chi connectivity index (χ0) is 17.8. The van der Waals surface area contributed by atoms with Crippen molar-refractivity contribution in [2.45, 2.75) is 25.0 Å². The molecule has 1 fully saturated rings. The van der Waals surface area contributed by atoms with Crippen molar-refractivity contribution in [3.63, 3.8) is 0 Å². The van der Waals surface area contributed by atoms with Crippen LogP contribution in [0, 0.1) is 0 Å². The lowest BCUT2D eigenvalue weighted by Crippen LogP contribution is -2.42. The summed E-state index contributed by atoms with van der Waals surface area (Å²) >= 11 is 0. The Morgan fingerprint density at radius 2 is 2.00 bits per heavy atom. The summed E-state index contributed by atoms with van der Waals surface area (Å²) in [5.41, 5.74) is 7.88. The number of hydrogen-bond donors (Lipinski definition) is 3. The van der Waals surface area contributed by atoms with Crippen molar-refractivity contribution >= 4 is 5.91 Å². The first kappa shape index (κ1) is 16.4. The highest BCUT2D eigenvalue weighted by Gasteiger charge is 2.30. The topological polar surface area (TPSA) is 105 Å². The lowest BCUT2D eigenvalue weighted by Gasteiger charge is -2.08. The number of nitrogens with one attached hydrogen (secondary N) is 3. The van der Waals surface area contributed by atoms with Crippen molar-refractivity contribution in [2.24, 2.45) is 0 Å². The summed E-state index contributed by atoms with van der Waals surface area (Å²) in [5, 5.41) is 6.76. The van der Waals surface area contributed by atoms with E-state index in [2.05, 4.69) is 31.3 Å². The summed E-state index contributed by atoms with van der Waals surface area (Å²) < 4.78 is 5.20. The molecule has 0 bridgehead atoms. The predicted molar refractivity (Wildman–Crippen MR) is 93.2 cm³/mol. The summed E-state index contributed by atoms with van der Waals surface area (Å²) in [6.07, 6.45) is 2.35. The molecule has 2 atom stereocenters. The smallest absolute Gasteiger partial charge is 0.246 e. The van der Waals surface area contributed by atoms with E-state index in [0.717, 1.165) is 11.3 Å². The molecule has 2 unspecified atom stereocenters. The molecule has 3 aromatic rings. The van der Waals surface area contributed by atoms with E-state index in [1.54, 1.807) is 6.20 Å². The van der Waals surface area contributed by atoms with Crippen LogP contribution < -0.4 is 16.2 Å². The zero-order valence-electron chi connectivity index (χ0n) is 13.9. The molecule has 4 rings (SSSR count). The average molecular weight is 350 g/mol. The molecule has 1 aliphatic heterocycles. The van der Waals surface area contributed by atoms with Crippen LogP contribution in [0.5, 0.6) is 0 Å². The molecule has 1 aliphatic rings. The van der Waals surface area contributed by atoms with E-state index in [9.17, 15) is 4.79 Å². The minimum atomic E-state index is -0.349. The van der Waals surface area contributed by atoms with Gasteiger partial charge in [-0.25, -0.2) is 10.9 Å². The largest absolute Gasteiger partial charge is 0.346 e. The van der Waals surface area contributed by atoms with Gasteiger partial charge in [-0.05, 0) is 18.6 Å². The van der Waals surface area contributed by atoms with Crippen LogP contribution in [0.2, 0.25) is 0 Å². The summed E-state index contributed by atoms with van der Waals surface area (Å²) in [5.74, 6) is 0.741. The lowest BCUT2D eigenvalue weighted by molar-refractivity contribution is -0.123. The third-order valence-electron chi connectivity index (χ3n) is 4.18. The minimum absolute atomic E-state index is 0.0000349. The van der Waals surface area contributed by atoms with Gasteiger partial charge in [-0.3, -0.25) is 9.78 Å². The monoisotopic (exact) mass is 350 g/mol. The highest BCUT2D eigenvalue weighted by Crippen LogP contribution is 2.20. The molecule has 0 radical (unpaired) electrons. The molecule has 26 heavy (non-hydrogen) atoms. The maximum Gasteiger partial charge on any atom is 0.246 e. The molecule has 0 spiro atoms. The Labute approximate surface area is 150 Å². The molecule has 8 heteroatoms. The van der Waals surface area contributed by atoms with Crippen molar-refractivity contribution in [2.75, 3.05) is 0 Å². The van der Waals surface area contributed by atoms with Crippen molar-refractivity contribution < 1.29 is 9.32 Å². The average Bonchev–Trinajstić information content (AvgIpc) is 3.37. The first-order chi connectivity index (χ1) is 12.8. The number of hydrogen-bond acceptors (Lipinski definition) is 7. The van der Waals surface area contributed by atoms with E-state index in [-0.39, 0.29) is 24.5 Å². The molecule has 0 saturated carbocycles. The SMILES string of the molecule is O=C(NCc1nc(-c2ccccc2)no1)C1CC(c2ccccn2)NN1. The van der Waals surface area contributed by atoms with Gasteiger partial charge in [-0.15, -0.1) is 0 Å². The lowest BCUT2D eigenvalue weighted by atomic mass is 10.1. The Morgan fingerprint density at radius 1 is 1.15 bits per heavy atom. The molecule has 8 nitrogen and oxygen atoms in total. The number of carbonyl (C=O) groups excluding carboxylic acids is 1. The molecular formula is C18H18N6O2. The number of rotatable bonds is 5. The van der Waals surface area contributed by atoms with Gasteiger partial charge in [-0.2, -0.15) is 4.98 Å². The Morgan fingerprint density at radius 3 is 2.81 bits per heavy atom. The molecule has 1 aromatic carbocycles. The fourth-order valence-electron chi connectivity index (χ4n) is 2.82. The second-order valence-electron chi connectivity index (χ2n) is 5.98. The second kappa shape index (κ2) is 7.42. The third kappa shape index (κ3) is 3.61. The predicted octanol–water partition coefficient (Wildman–Crippen LogP) is 1.36. The van der Waals surface area contributed by atoms with Crippen LogP contribution in [0.3, 0.4) is 0 Å². The van der Waals surface area contributed by atoms with Gasteiger partial charge < -0.3 is 9.84 Å². The Balaban J connectivity index is 1.31. The van der Waals surface area contributed by atoms with Crippen LogP contribution in [0.15, 0.2) is 59.3 Å². The molecule has 1 saturated heterocycles. The highest BCUT2D eigenvalue weighted by atomic mass is 16.5. The summed E-state index contributed by atoms with van der Waals surface area (Å²) in [6, 6.07) is 14.9. The first-order valence-corrected chi connectivity index (χ1v) is 8.37. The zero-order valence-corrected chi connectivity index (χ0v) is 13.9. The number of aromatic nitrogens is 3. The van der Waals surface area contributed by atoms with E-state index in [0.29, 0.717) is 18.1 Å².